The first-order valence-electron chi connectivity index (χ1n) is 7.89. The summed E-state index contributed by atoms with van der Waals surface area (Å²) in [5, 5.41) is 3.38. The van der Waals surface area contributed by atoms with E-state index in [2.05, 4.69) is 50.4 Å². The summed E-state index contributed by atoms with van der Waals surface area (Å²) >= 11 is 0. The van der Waals surface area contributed by atoms with Crippen molar-refractivity contribution in [3.05, 3.63) is 35.4 Å². The van der Waals surface area contributed by atoms with Crippen molar-refractivity contribution in [3.8, 4) is 0 Å². The zero-order valence-electron chi connectivity index (χ0n) is 13.7. The molecule has 0 aliphatic heterocycles. The number of nitrogens with one attached hydrogen (secondary N) is 1. The van der Waals surface area contributed by atoms with Gasteiger partial charge in [-0.1, -0.05) is 45.0 Å². The van der Waals surface area contributed by atoms with Gasteiger partial charge in [0.15, 0.2) is 0 Å². The third kappa shape index (κ3) is 6.06. The Morgan fingerprint density at radius 3 is 2.35 bits per heavy atom. The number of hydrogen-bond donors (Lipinski definition) is 1. The molecule has 0 aliphatic rings. The first-order valence-corrected chi connectivity index (χ1v) is 7.89. The molecule has 2 nitrogen and oxygen atoms in total. The number of methoxy groups -OCH3 is 1. The monoisotopic (exact) mass is 277 g/mol. The first-order chi connectivity index (χ1) is 9.60. The van der Waals surface area contributed by atoms with Crippen LogP contribution >= 0.6 is 0 Å². The van der Waals surface area contributed by atoms with Gasteiger partial charge in [-0.05, 0) is 48.8 Å². The summed E-state index contributed by atoms with van der Waals surface area (Å²) in [6.07, 6.45) is 4.83. The largest absolute Gasteiger partial charge is 0.383 e. The van der Waals surface area contributed by atoms with Crippen LogP contribution in [0.2, 0.25) is 0 Å². The second-order valence-electron chi connectivity index (χ2n) is 6.13. The van der Waals surface area contributed by atoms with E-state index in [0.717, 1.165) is 19.7 Å². The maximum atomic E-state index is 5.00. The molecule has 0 atom stereocenters. The van der Waals surface area contributed by atoms with Crippen molar-refractivity contribution in [2.24, 2.45) is 0 Å². The van der Waals surface area contributed by atoms with Crippen molar-refractivity contribution < 1.29 is 4.74 Å². The van der Waals surface area contributed by atoms with Crippen LogP contribution in [0.5, 0.6) is 0 Å². The summed E-state index contributed by atoms with van der Waals surface area (Å²) in [7, 11) is 1.74. The second-order valence-corrected chi connectivity index (χ2v) is 6.13. The molecular formula is C18H31NO. The number of aryl methyl sites for hydroxylation is 1. The molecular weight excluding hydrogens is 246 g/mol. The summed E-state index contributed by atoms with van der Waals surface area (Å²) in [6, 6.07) is 9.20. The normalized spacial score (nSPS) is 11.8. The van der Waals surface area contributed by atoms with Gasteiger partial charge in [0.25, 0.3) is 0 Å². The first kappa shape index (κ1) is 17.2. The third-order valence-corrected chi connectivity index (χ3v) is 4.17. The molecule has 0 aliphatic carbocycles. The van der Waals surface area contributed by atoms with E-state index in [-0.39, 0.29) is 0 Å². The third-order valence-electron chi connectivity index (χ3n) is 4.17. The van der Waals surface area contributed by atoms with Crippen LogP contribution in [0.25, 0.3) is 0 Å². The standard InChI is InChI=1S/C18H31NO/c1-5-18(2,3)17-11-9-16(10-12-17)8-6-7-13-19-14-15-20-4/h9-12,19H,5-8,13-15H2,1-4H3. The number of hydrogen-bond acceptors (Lipinski definition) is 2. The molecule has 0 unspecified atom stereocenters. The molecule has 0 bridgehead atoms. The molecule has 0 heterocycles. The van der Waals surface area contributed by atoms with Gasteiger partial charge in [0.1, 0.15) is 0 Å². The van der Waals surface area contributed by atoms with Crippen molar-refractivity contribution in [2.45, 2.75) is 51.9 Å². The maximum Gasteiger partial charge on any atom is 0.0587 e. The lowest BCUT2D eigenvalue weighted by Gasteiger charge is -2.23. The number of rotatable bonds is 10. The molecule has 20 heavy (non-hydrogen) atoms. The van der Waals surface area contributed by atoms with Gasteiger partial charge in [-0.15, -0.1) is 0 Å². The Morgan fingerprint density at radius 1 is 1.05 bits per heavy atom. The second kappa shape index (κ2) is 9.15. The topological polar surface area (TPSA) is 21.3 Å². The summed E-state index contributed by atoms with van der Waals surface area (Å²) in [5.74, 6) is 0. The van der Waals surface area contributed by atoms with E-state index in [1.165, 1.54) is 36.8 Å². The van der Waals surface area contributed by atoms with Gasteiger partial charge in [-0.25, -0.2) is 0 Å². The minimum absolute atomic E-state index is 0.295. The van der Waals surface area contributed by atoms with Crippen LogP contribution in [-0.4, -0.2) is 26.8 Å². The van der Waals surface area contributed by atoms with Gasteiger partial charge < -0.3 is 10.1 Å². The SMILES string of the molecule is CCC(C)(C)c1ccc(CCCCNCCOC)cc1. The lowest BCUT2D eigenvalue weighted by Crippen LogP contribution is -2.20. The minimum Gasteiger partial charge on any atom is -0.383 e. The highest BCUT2D eigenvalue weighted by molar-refractivity contribution is 5.28. The predicted octanol–water partition coefficient (Wildman–Crippen LogP) is 3.93. The average Bonchev–Trinajstić information content (AvgIpc) is 2.47. The summed E-state index contributed by atoms with van der Waals surface area (Å²) in [5.41, 5.74) is 3.20. The van der Waals surface area contributed by atoms with Gasteiger partial charge in [-0.3, -0.25) is 0 Å². The zero-order chi connectivity index (χ0) is 14.8. The lowest BCUT2D eigenvalue weighted by molar-refractivity contribution is 0.199. The molecule has 1 aromatic rings. The Bertz CT molecular complexity index is 356. The van der Waals surface area contributed by atoms with E-state index in [1.807, 2.05) is 0 Å². The lowest BCUT2D eigenvalue weighted by atomic mass is 9.82. The average molecular weight is 277 g/mol. The molecule has 0 aromatic heterocycles. The molecule has 0 saturated heterocycles. The molecule has 1 N–H and O–H groups in total. The molecule has 114 valence electrons. The maximum absolute atomic E-state index is 5.00. The Kier molecular flexibility index (Phi) is 7.86. The molecule has 0 amide bonds. The van der Waals surface area contributed by atoms with Crippen molar-refractivity contribution in [1.82, 2.24) is 5.32 Å². The fourth-order valence-electron chi connectivity index (χ4n) is 2.21. The minimum atomic E-state index is 0.295. The molecule has 0 radical (unpaired) electrons. The van der Waals surface area contributed by atoms with E-state index in [9.17, 15) is 0 Å². The smallest absolute Gasteiger partial charge is 0.0587 e. The Hall–Kier alpha value is -0.860. The summed E-state index contributed by atoms with van der Waals surface area (Å²) < 4.78 is 5.00. The summed E-state index contributed by atoms with van der Waals surface area (Å²) in [4.78, 5) is 0. The highest BCUT2D eigenvalue weighted by Gasteiger charge is 2.17. The molecule has 1 rings (SSSR count). The van der Waals surface area contributed by atoms with Crippen molar-refractivity contribution in [3.63, 3.8) is 0 Å². The number of unbranched alkanes of at least 4 members (excludes halogenated alkanes) is 1. The van der Waals surface area contributed by atoms with Crippen LogP contribution in [0, 0.1) is 0 Å². The van der Waals surface area contributed by atoms with Gasteiger partial charge in [0, 0.05) is 13.7 Å². The van der Waals surface area contributed by atoms with Gasteiger partial charge in [-0.2, -0.15) is 0 Å². The predicted molar refractivity (Wildman–Crippen MR) is 87.4 cm³/mol. The van der Waals surface area contributed by atoms with Crippen LogP contribution < -0.4 is 5.32 Å². The van der Waals surface area contributed by atoms with Crippen LogP contribution in [-0.2, 0) is 16.6 Å². The van der Waals surface area contributed by atoms with Crippen LogP contribution in [0.3, 0.4) is 0 Å². The Labute approximate surface area is 124 Å². The van der Waals surface area contributed by atoms with Crippen LogP contribution in [0.15, 0.2) is 24.3 Å². The van der Waals surface area contributed by atoms with Crippen LogP contribution in [0.4, 0.5) is 0 Å². The van der Waals surface area contributed by atoms with E-state index < -0.39 is 0 Å². The Balaban J connectivity index is 2.25. The molecule has 1 aromatic carbocycles. The van der Waals surface area contributed by atoms with Crippen LogP contribution in [0.1, 0.15) is 51.2 Å². The fourth-order valence-corrected chi connectivity index (χ4v) is 2.21. The van der Waals surface area contributed by atoms with E-state index >= 15 is 0 Å². The van der Waals surface area contributed by atoms with Gasteiger partial charge >= 0.3 is 0 Å². The Morgan fingerprint density at radius 2 is 1.75 bits per heavy atom. The van der Waals surface area contributed by atoms with E-state index in [0.29, 0.717) is 5.41 Å². The van der Waals surface area contributed by atoms with Crippen molar-refractivity contribution >= 4 is 0 Å². The number of ether oxygens (including phenoxy) is 1. The summed E-state index contributed by atoms with van der Waals surface area (Å²) in [6.45, 7) is 9.72. The number of benzene rings is 1. The molecule has 0 fully saturated rings. The van der Waals surface area contributed by atoms with Crippen molar-refractivity contribution in [2.75, 3.05) is 26.8 Å². The van der Waals surface area contributed by atoms with Crippen molar-refractivity contribution in [1.29, 1.82) is 0 Å². The zero-order valence-corrected chi connectivity index (χ0v) is 13.7. The van der Waals surface area contributed by atoms with Gasteiger partial charge in [0.05, 0.1) is 6.61 Å². The molecule has 0 spiro atoms. The fraction of sp³-hybridized carbons (Fsp3) is 0.667. The molecule has 0 saturated carbocycles. The van der Waals surface area contributed by atoms with E-state index in [1.54, 1.807) is 7.11 Å². The van der Waals surface area contributed by atoms with E-state index in [4.69, 9.17) is 4.74 Å². The molecule has 2 heteroatoms. The highest BCUT2D eigenvalue weighted by atomic mass is 16.5. The highest BCUT2D eigenvalue weighted by Crippen LogP contribution is 2.26. The van der Waals surface area contributed by atoms with Gasteiger partial charge in [0.2, 0.25) is 0 Å². The quantitative estimate of drug-likeness (QED) is 0.654.